The maximum Gasteiger partial charge on any atom is 0.326 e. The molecule has 3 N–H and O–H groups in total. The van der Waals surface area contributed by atoms with Crippen LogP contribution in [0.3, 0.4) is 0 Å². The number of carbonyl (C=O) groups excluding carboxylic acids is 4. The molecule has 0 radical (unpaired) electrons. The second-order valence-electron chi connectivity index (χ2n) is 8.08. The van der Waals surface area contributed by atoms with Gasteiger partial charge in [-0.2, -0.15) is 0 Å². The standard InChI is InChI=1S/C18H27N3O5/c1-10(15(23)21-17(25)19-2)26-14(22)9-20-16(24)18-6-11-3-12(7-18)5-13(4-11)8-18/h10-13H,3-9H2,1-2H3,(H,20,24)(H2,19,21,23,25)/t10-,11?,12?,13?,18?/m1/s1. The van der Waals surface area contributed by atoms with Crippen molar-refractivity contribution in [1.82, 2.24) is 16.0 Å². The van der Waals surface area contributed by atoms with Crippen molar-refractivity contribution in [2.24, 2.45) is 23.2 Å². The lowest BCUT2D eigenvalue weighted by Gasteiger charge is -2.55. The van der Waals surface area contributed by atoms with E-state index in [1.54, 1.807) is 0 Å². The molecule has 4 rings (SSSR count). The summed E-state index contributed by atoms with van der Waals surface area (Å²) in [7, 11) is 1.37. The number of ether oxygens (including phenoxy) is 1. The van der Waals surface area contributed by atoms with Crippen molar-refractivity contribution in [2.45, 2.75) is 51.6 Å². The Morgan fingerprint density at radius 1 is 1.04 bits per heavy atom. The van der Waals surface area contributed by atoms with Gasteiger partial charge in [0.25, 0.3) is 5.91 Å². The zero-order chi connectivity index (χ0) is 18.9. The van der Waals surface area contributed by atoms with E-state index in [4.69, 9.17) is 4.74 Å². The molecule has 26 heavy (non-hydrogen) atoms. The van der Waals surface area contributed by atoms with E-state index >= 15 is 0 Å². The van der Waals surface area contributed by atoms with Gasteiger partial charge in [0, 0.05) is 12.5 Å². The van der Waals surface area contributed by atoms with E-state index in [0.29, 0.717) is 17.8 Å². The highest BCUT2D eigenvalue weighted by Gasteiger charge is 2.54. The first-order chi connectivity index (χ1) is 12.3. The van der Waals surface area contributed by atoms with Gasteiger partial charge in [-0.05, 0) is 63.2 Å². The number of hydrogen-bond donors (Lipinski definition) is 3. The van der Waals surface area contributed by atoms with E-state index in [0.717, 1.165) is 19.3 Å². The molecule has 8 heteroatoms. The van der Waals surface area contributed by atoms with Crippen LogP contribution in [-0.4, -0.2) is 43.5 Å². The second-order valence-corrected chi connectivity index (χ2v) is 8.08. The largest absolute Gasteiger partial charge is 0.451 e. The van der Waals surface area contributed by atoms with Gasteiger partial charge in [0.1, 0.15) is 6.54 Å². The number of rotatable bonds is 5. The molecule has 8 nitrogen and oxygen atoms in total. The van der Waals surface area contributed by atoms with E-state index < -0.39 is 24.0 Å². The zero-order valence-electron chi connectivity index (χ0n) is 15.3. The highest BCUT2D eigenvalue weighted by molar-refractivity contribution is 5.97. The monoisotopic (exact) mass is 365 g/mol. The Hall–Kier alpha value is -2.12. The topological polar surface area (TPSA) is 114 Å². The van der Waals surface area contributed by atoms with Crippen LogP contribution in [0.1, 0.15) is 45.4 Å². The van der Waals surface area contributed by atoms with Crippen molar-refractivity contribution in [1.29, 1.82) is 0 Å². The zero-order valence-corrected chi connectivity index (χ0v) is 15.3. The van der Waals surface area contributed by atoms with Gasteiger partial charge in [0.05, 0.1) is 0 Å². The first kappa shape index (κ1) is 18.7. The van der Waals surface area contributed by atoms with Crippen molar-refractivity contribution in [3.63, 3.8) is 0 Å². The van der Waals surface area contributed by atoms with E-state index in [-0.39, 0.29) is 17.9 Å². The molecule has 0 heterocycles. The number of esters is 1. The summed E-state index contributed by atoms with van der Waals surface area (Å²) in [5, 5.41) is 6.99. The molecule has 0 saturated heterocycles. The van der Waals surface area contributed by atoms with Crippen molar-refractivity contribution in [3.8, 4) is 0 Å². The van der Waals surface area contributed by atoms with Crippen LogP contribution >= 0.6 is 0 Å². The normalized spacial score (nSPS) is 32.5. The van der Waals surface area contributed by atoms with Crippen LogP contribution in [0.4, 0.5) is 4.79 Å². The molecule has 4 aliphatic carbocycles. The molecule has 144 valence electrons. The molecule has 1 atom stereocenters. The molecule has 4 bridgehead atoms. The molecule has 0 aromatic heterocycles. The summed E-state index contributed by atoms with van der Waals surface area (Å²) in [6.45, 7) is 1.11. The summed E-state index contributed by atoms with van der Waals surface area (Å²) in [4.78, 5) is 47.5. The fourth-order valence-corrected chi connectivity index (χ4v) is 5.30. The van der Waals surface area contributed by atoms with Gasteiger partial charge in [0.2, 0.25) is 5.91 Å². The van der Waals surface area contributed by atoms with Gasteiger partial charge in [-0.1, -0.05) is 0 Å². The highest BCUT2D eigenvalue weighted by atomic mass is 16.5. The third-order valence-corrected chi connectivity index (χ3v) is 6.05. The molecule has 0 aliphatic heterocycles. The molecular weight excluding hydrogens is 338 g/mol. The van der Waals surface area contributed by atoms with E-state index in [2.05, 4.69) is 10.6 Å². The van der Waals surface area contributed by atoms with E-state index in [1.165, 1.54) is 33.2 Å². The fraction of sp³-hybridized carbons (Fsp3) is 0.778. The molecule has 0 unspecified atom stereocenters. The van der Waals surface area contributed by atoms with Crippen molar-refractivity contribution >= 4 is 23.8 Å². The molecule has 4 amide bonds. The molecule has 4 fully saturated rings. The first-order valence-corrected chi connectivity index (χ1v) is 9.31. The van der Waals surface area contributed by atoms with Crippen LogP contribution < -0.4 is 16.0 Å². The SMILES string of the molecule is CNC(=O)NC(=O)[C@@H](C)OC(=O)CNC(=O)C12CC3CC(CC(C3)C1)C2. The van der Waals surface area contributed by atoms with E-state index in [9.17, 15) is 19.2 Å². The Bertz CT molecular complexity index is 583. The Kier molecular flexibility index (Phi) is 5.20. The highest BCUT2D eigenvalue weighted by Crippen LogP contribution is 2.60. The Morgan fingerprint density at radius 2 is 1.58 bits per heavy atom. The summed E-state index contributed by atoms with van der Waals surface area (Å²) in [6.07, 6.45) is 5.38. The van der Waals surface area contributed by atoms with Crippen LogP contribution in [0, 0.1) is 23.2 Å². The lowest BCUT2D eigenvalue weighted by atomic mass is 9.49. The van der Waals surface area contributed by atoms with Gasteiger partial charge < -0.3 is 15.4 Å². The van der Waals surface area contributed by atoms with Crippen LogP contribution in [0.15, 0.2) is 0 Å². The van der Waals surface area contributed by atoms with E-state index in [1.807, 2.05) is 5.32 Å². The minimum atomic E-state index is -1.11. The fourth-order valence-electron chi connectivity index (χ4n) is 5.30. The number of urea groups is 1. The number of amides is 4. The first-order valence-electron chi connectivity index (χ1n) is 9.31. The summed E-state index contributed by atoms with van der Waals surface area (Å²) < 4.78 is 4.98. The Labute approximate surface area is 152 Å². The number of nitrogens with one attached hydrogen (secondary N) is 3. The van der Waals surface area contributed by atoms with Crippen molar-refractivity contribution in [3.05, 3.63) is 0 Å². The van der Waals surface area contributed by atoms with Crippen LogP contribution in [0.25, 0.3) is 0 Å². The minimum Gasteiger partial charge on any atom is -0.451 e. The van der Waals surface area contributed by atoms with Gasteiger partial charge >= 0.3 is 12.0 Å². The van der Waals surface area contributed by atoms with Gasteiger partial charge in [-0.25, -0.2) is 4.79 Å². The predicted molar refractivity (Wildman–Crippen MR) is 91.8 cm³/mol. The minimum absolute atomic E-state index is 0.0592. The molecule has 4 saturated carbocycles. The Morgan fingerprint density at radius 3 is 2.08 bits per heavy atom. The third kappa shape index (κ3) is 3.83. The van der Waals surface area contributed by atoms with Crippen molar-refractivity contribution in [2.75, 3.05) is 13.6 Å². The lowest BCUT2D eigenvalue weighted by Crippen LogP contribution is -2.54. The molecule has 0 spiro atoms. The van der Waals surface area contributed by atoms with Crippen molar-refractivity contribution < 1.29 is 23.9 Å². The number of hydrogen-bond acceptors (Lipinski definition) is 5. The van der Waals surface area contributed by atoms with Crippen LogP contribution in [0.2, 0.25) is 0 Å². The van der Waals surface area contributed by atoms with Crippen LogP contribution in [0.5, 0.6) is 0 Å². The smallest absolute Gasteiger partial charge is 0.326 e. The predicted octanol–water partition coefficient (Wildman–Crippen LogP) is 0.706. The number of carbonyl (C=O) groups is 4. The molecule has 4 aliphatic rings. The van der Waals surface area contributed by atoms with Crippen LogP contribution in [-0.2, 0) is 19.1 Å². The average Bonchev–Trinajstić information content (AvgIpc) is 2.58. The summed E-state index contributed by atoms with van der Waals surface area (Å²) in [5.41, 5.74) is -0.322. The second kappa shape index (κ2) is 7.25. The summed E-state index contributed by atoms with van der Waals surface area (Å²) in [6, 6.07) is -0.673. The average molecular weight is 365 g/mol. The third-order valence-electron chi connectivity index (χ3n) is 6.05. The Balaban J connectivity index is 1.46. The van der Waals surface area contributed by atoms with Gasteiger partial charge in [0.15, 0.2) is 6.10 Å². The lowest BCUT2D eigenvalue weighted by molar-refractivity contribution is -0.156. The summed E-state index contributed by atoms with van der Waals surface area (Å²) in [5.74, 6) is 0.468. The molecule has 0 aromatic carbocycles. The molecular formula is C18H27N3O5. The molecule has 0 aromatic rings. The maximum absolute atomic E-state index is 12.8. The maximum atomic E-state index is 12.8. The van der Waals surface area contributed by atoms with Gasteiger partial charge in [-0.3, -0.25) is 19.7 Å². The van der Waals surface area contributed by atoms with Gasteiger partial charge in [-0.15, -0.1) is 0 Å². The number of imide groups is 1. The summed E-state index contributed by atoms with van der Waals surface area (Å²) >= 11 is 0. The quantitative estimate of drug-likeness (QED) is 0.621.